The summed E-state index contributed by atoms with van der Waals surface area (Å²) >= 11 is 0. The standard InChI is InChI=1S/C84H62N8O8/c1-9-37-89-53-21-13-25-57(41-53)93-69-29-17-33-73(63(69)49-85)97-77-45-61-67(47-79(77)99-75-35-19-31-71(65(75)51-87)95-59-27-15-23-55(43-59)91-39-11-3)83(5,6)82-62-46-78(98-74-34-18-30-70(64(74)50-86)94-58-26-14-22-54(42-58)90-38-10-2)80(48-68(62)84(7,8)81(61)82)100-76-36-20-32-72(66(76)52-88)96-60-28-16-24-56(44-60)92-40-12-4/h1-4,13-36,41-48,81-82,89-92H,37-40H2,5-8H3. The van der Waals surface area contributed by atoms with Crippen LogP contribution < -0.4 is 59.2 Å². The molecule has 0 fully saturated rings. The van der Waals surface area contributed by atoms with Crippen molar-refractivity contribution in [1.82, 2.24) is 0 Å². The van der Waals surface area contributed by atoms with E-state index in [0.717, 1.165) is 45.0 Å². The van der Waals surface area contributed by atoms with Crippen LogP contribution in [0.15, 0.2) is 194 Å². The molecular weight excluding hydrogens is 1250 g/mol. The van der Waals surface area contributed by atoms with Gasteiger partial charge in [0.05, 0.1) is 26.2 Å². The summed E-state index contributed by atoms with van der Waals surface area (Å²) in [5.74, 6) is 13.9. The fraction of sp³-hybridized carbons (Fsp3) is 0.143. The number of fused-ring (bicyclic) bond motifs is 5. The monoisotopic (exact) mass is 1310 g/mol. The number of nitrogens with zero attached hydrogens (tertiary/aromatic N) is 4. The molecule has 0 aliphatic heterocycles. The molecule has 10 aromatic rings. The van der Waals surface area contributed by atoms with Crippen LogP contribution in [0.5, 0.6) is 92.0 Å². The summed E-state index contributed by atoms with van der Waals surface area (Å²) < 4.78 is 53.6. The number of nitrogens with one attached hydrogen (secondary N) is 4. The van der Waals surface area contributed by atoms with Crippen molar-refractivity contribution < 1.29 is 37.9 Å². The minimum atomic E-state index is -0.710. The third kappa shape index (κ3) is 13.6. The van der Waals surface area contributed by atoms with Crippen molar-refractivity contribution >= 4 is 22.7 Å². The predicted octanol–water partition coefficient (Wildman–Crippen LogP) is 19.1. The van der Waals surface area contributed by atoms with Gasteiger partial charge < -0.3 is 59.2 Å². The molecule has 2 unspecified atom stereocenters. The third-order valence-electron chi connectivity index (χ3n) is 17.3. The van der Waals surface area contributed by atoms with Gasteiger partial charge in [0.15, 0.2) is 23.0 Å². The van der Waals surface area contributed by atoms with E-state index in [2.05, 4.69) is 96.9 Å². The van der Waals surface area contributed by atoms with Crippen molar-refractivity contribution in [3.8, 4) is 166 Å². The van der Waals surface area contributed by atoms with Gasteiger partial charge in [0, 0.05) is 58.9 Å². The van der Waals surface area contributed by atoms with Gasteiger partial charge in [0.25, 0.3) is 0 Å². The average Bonchev–Trinajstić information content (AvgIpc) is 1.52. The van der Waals surface area contributed by atoms with Gasteiger partial charge >= 0.3 is 0 Å². The molecule has 0 radical (unpaired) electrons. The SMILES string of the molecule is C#CCNc1cccc(Oc2cccc(Oc3cc4c(cc3Oc3cccc(Oc5cccc(NCC#C)c5)c3C#N)C(C)(C)C3c5cc(Oc6cccc(Oc7cccc(NCC#C)c7)c6C#N)c(Oc6cccc(Oc7cccc(NCC#C)c7)c6C#N)cc5C(C)(C)C43)c2C#N)c1. The lowest BCUT2D eigenvalue weighted by Crippen LogP contribution is -2.25. The summed E-state index contributed by atoms with van der Waals surface area (Å²) in [5.41, 5.74) is 5.48. The van der Waals surface area contributed by atoms with Crippen molar-refractivity contribution in [3.63, 3.8) is 0 Å². The Morgan fingerprint density at radius 2 is 0.520 bits per heavy atom. The van der Waals surface area contributed by atoms with Crippen LogP contribution >= 0.6 is 0 Å². The van der Waals surface area contributed by atoms with Crippen LogP contribution in [-0.2, 0) is 10.8 Å². The van der Waals surface area contributed by atoms with Crippen molar-refractivity contribution in [3.05, 3.63) is 239 Å². The van der Waals surface area contributed by atoms with Crippen LogP contribution in [0.3, 0.4) is 0 Å². The Kier molecular flexibility index (Phi) is 19.1. The quantitative estimate of drug-likeness (QED) is 0.0414. The Balaban J connectivity index is 0.983. The second kappa shape index (κ2) is 28.9. The minimum Gasteiger partial charge on any atom is -0.456 e. The maximum Gasteiger partial charge on any atom is 0.170 e. The molecule has 16 heteroatoms. The van der Waals surface area contributed by atoms with E-state index in [0.29, 0.717) is 49.2 Å². The van der Waals surface area contributed by atoms with E-state index in [-0.39, 0.29) is 103 Å². The summed E-state index contributed by atoms with van der Waals surface area (Å²) in [6, 6.07) is 66.3. The second-order valence-electron chi connectivity index (χ2n) is 24.3. The maximum atomic E-state index is 11.0. The molecule has 0 aromatic heterocycles. The zero-order valence-electron chi connectivity index (χ0n) is 54.8. The maximum absolute atomic E-state index is 11.0. The summed E-state index contributed by atoms with van der Waals surface area (Å²) in [6.07, 6.45) is 22.2. The van der Waals surface area contributed by atoms with Crippen LogP contribution in [0, 0.1) is 94.7 Å². The highest BCUT2D eigenvalue weighted by Crippen LogP contribution is 2.69. The highest BCUT2D eigenvalue weighted by Gasteiger charge is 2.59. The lowest BCUT2D eigenvalue weighted by Gasteiger charge is -2.31. The number of hydrogen-bond donors (Lipinski definition) is 4. The van der Waals surface area contributed by atoms with Crippen molar-refractivity contribution in [2.75, 3.05) is 47.4 Å². The molecule has 2 aliphatic carbocycles. The van der Waals surface area contributed by atoms with E-state index >= 15 is 0 Å². The van der Waals surface area contributed by atoms with E-state index in [1.165, 1.54) is 0 Å². The van der Waals surface area contributed by atoms with Crippen molar-refractivity contribution in [2.24, 2.45) is 0 Å². The molecule has 0 saturated carbocycles. The number of nitriles is 4. The first-order valence-electron chi connectivity index (χ1n) is 31.7. The first kappa shape index (κ1) is 66.0. The van der Waals surface area contributed by atoms with Gasteiger partial charge in [-0.05, 0) is 154 Å². The van der Waals surface area contributed by atoms with Crippen molar-refractivity contribution in [1.29, 1.82) is 21.0 Å². The molecule has 0 amide bonds. The van der Waals surface area contributed by atoms with Gasteiger partial charge in [0.2, 0.25) is 0 Å². The Bertz CT molecular complexity index is 4890. The van der Waals surface area contributed by atoms with Gasteiger partial charge in [-0.15, -0.1) is 25.7 Å². The van der Waals surface area contributed by atoms with Gasteiger partial charge in [0.1, 0.15) is 116 Å². The van der Waals surface area contributed by atoms with E-state index in [9.17, 15) is 21.0 Å². The number of benzene rings is 10. The average molecular weight is 1310 g/mol. The molecule has 0 saturated heterocycles. The number of anilines is 4. The van der Waals surface area contributed by atoms with E-state index in [1.807, 2.05) is 72.8 Å². The molecule has 10 aromatic carbocycles. The molecule has 0 spiro atoms. The number of rotatable bonds is 24. The van der Waals surface area contributed by atoms with Crippen LogP contribution in [0.2, 0.25) is 0 Å². The smallest absolute Gasteiger partial charge is 0.170 e. The Labute approximate surface area is 580 Å². The van der Waals surface area contributed by atoms with Gasteiger partial charge in [-0.2, -0.15) is 21.0 Å². The first-order valence-corrected chi connectivity index (χ1v) is 31.7. The highest BCUT2D eigenvalue weighted by molar-refractivity contribution is 5.70. The first-order chi connectivity index (χ1) is 48.7. The van der Waals surface area contributed by atoms with Crippen LogP contribution in [-0.4, -0.2) is 26.2 Å². The molecule has 2 atom stereocenters. The molecule has 100 heavy (non-hydrogen) atoms. The van der Waals surface area contributed by atoms with Crippen LogP contribution in [0.25, 0.3) is 0 Å². The Morgan fingerprint density at radius 3 is 0.750 bits per heavy atom. The largest absolute Gasteiger partial charge is 0.456 e. The number of terminal acetylenes is 4. The minimum absolute atomic E-state index is 0.0911. The third-order valence-corrected chi connectivity index (χ3v) is 17.3. The van der Waals surface area contributed by atoms with Crippen LogP contribution in [0.1, 0.15) is 84.0 Å². The van der Waals surface area contributed by atoms with Gasteiger partial charge in [-0.1, -0.05) is 99.9 Å². The topological polar surface area (TPSA) is 217 Å². The normalized spacial score (nSPS) is 13.6. The summed E-state index contributed by atoms with van der Waals surface area (Å²) in [6.45, 7) is 9.85. The molecule has 486 valence electrons. The lowest BCUT2D eigenvalue weighted by molar-refractivity contribution is 0.348. The number of hydrogen-bond acceptors (Lipinski definition) is 16. The summed E-state index contributed by atoms with van der Waals surface area (Å²) in [7, 11) is 0. The number of ether oxygens (including phenoxy) is 8. The highest BCUT2D eigenvalue weighted by atomic mass is 16.5. The molecule has 16 nitrogen and oxygen atoms in total. The van der Waals surface area contributed by atoms with E-state index < -0.39 is 10.8 Å². The fourth-order valence-corrected chi connectivity index (χ4v) is 12.8. The van der Waals surface area contributed by atoms with Gasteiger partial charge in [-0.25, -0.2) is 0 Å². The van der Waals surface area contributed by atoms with Gasteiger partial charge in [-0.3, -0.25) is 0 Å². The molecule has 4 N–H and O–H groups in total. The molecule has 12 rings (SSSR count). The van der Waals surface area contributed by atoms with E-state index in [4.69, 9.17) is 63.6 Å². The molecule has 2 aliphatic rings. The second-order valence-corrected chi connectivity index (χ2v) is 24.3. The predicted molar refractivity (Wildman–Crippen MR) is 385 cm³/mol. The fourth-order valence-electron chi connectivity index (χ4n) is 12.8. The summed E-state index contributed by atoms with van der Waals surface area (Å²) in [4.78, 5) is 0. The summed E-state index contributed by atoms with van der Waals surface area (Å²) in [5, 5.41) is 56.6. The molecule has 0 heterocycles. The molecule has 0 bridgehead atoms. The zero-order valence-corrected chi connectivity index (χ0v) is 54.8. The lowest BCUT2D eigenvalue weighted by atomic mass is 9.72. The molecular formula is C84H62N8O8. The Morgan fingerprint density at radius 1 is 0.300 bits per heavy atom. The van der Waals surface area contributed by atoms with Crippen LogP contribution in [0.4, 0.5) is 22.7 Å². The Hall–Kier alpha value is -14.0. The zero-order chi connectivity index (χ0) is 69.9. The van der Waals surface area contributed by atoms with Crippen molar-refractivity contribution in [2.45, 2.75) is 50.4 Å². The van der Waals surface area contributed by atoms with E-state index in [1.54, 1.807) is 121 Å².